The van der Waals surface area contributed by atoms with Crippen LogP contribution in [0.4, 0.5) is 0 Å². The van der Waals surface area contributed by atoms with E-state index in [0.717, 1.165) is 33.3 Å². The lowest BCUT2D eigenvalue weighted by Crippen LogP contribution is -2.35. The van der Waals surface area contributed by atoms with Crippen LogP contribution in [0.2, 0.25) is 0 Å². The molecule has 0 saturated carbocycles. The molecule has 5 rings (SSSR count). The van der Waals surface area contributed by atoms with Crippen molar-refractivity contribution in [1.29, 1.82) is 0 Å². The molecule has 0 amide bonds. The Labute approximate surface area is 233 Å². The number of hydrogen-bond acceptors (Lipinski definition) is 7. The molecule has 9 nitrogen and oxygen atoms in total. The average Bonchev–Trinajstić information content (AvgIpc) is 3.42. The number of ether oxygens (including phenoxy) is 2. The zero-order valence-corrected chi connectivity index (χ0v) is 23.1. The minimum Gasteiger partial charge on any atom is -0.494 e. The molecular weight excluding hydrogens is 504 g/mol. The van der Waals surface area contributed by atoms with Gasteiger partial charge in [-0.1, -0.05) is 60.7 Å². The van der Waals surface area contributed by atoms with Crippen molar-refractivity contribution in [2.45, 2.75) is 39.5 Å². The number of nitrogens with zero attached hydrogens (tertiary/aromatic N) is 5. The standard InChI is InChI=1S/C31H34N6O3/c1-4-40-26-15-13-24(14-16-26)21-36(20-23-10-6-5-7-11-23)29(30-33-34-35-37(30)17-18-39-3)27-19-25-12-8-9-22(2)28(25)32-31(27)38/h5-16,19,29H,4,17-18,20-21H2,1-3H3,(H,32,38)/t29-/m1/s1. The summed E-state index contributed by atoms with van der Waals surface area (Å²) in [6.45, 7) is 6.59. The maximum absolute atomic E-state index is 13.8. The van der Waals surface area contributed by atoms with Crippen LogP contribution in [0.25, 0.3) is 10.9 Å². The van der Waals surface area contributed by atoms with Gasteiger partial charge in [0.05, 0.1) is 25.3 Å². The normalized spacial score (nSPS) is 12.2. The molecule has 9 heteroatoms. The molecule has 0 saturated heterocycles. The number of benzene rings is 3. The Balaban J connectivity index is 1.66. The third kappa shape index (κ3) is 6.11. The fourth-order valence-electron chi connectivity index (χ4n) is 5.00. The van der Waals surface area contributed by atoms with Crippen molar-refractivity contribution in [2.75, 3.05) is 20.3 Å². The highest BCUT2D eigenvalue weighted by atomic mass is 16.5. The lowest BCUT2D eigenvalue weighted by molar-refractivity contribution is 0.169. The van der Waals surface area contributed by atoms with Gasteiger partial charge in [0.15, 0.2) is 5.82 Å². The predicted molar refractivity (Wildman–Crippen MR) is 154 cm³/mol. The number of tetrazole rings is 1. The van der Waals surface area contributed by atoms with Crippen molar-refractivity contribution in [3.05, 3.63) is 117 Å². The van der Waals surface area contributed by atoms with Gasteiger partial charge in [-0.05, 0) is 64.5 Å². The molecule has 2 heterocycles. The molecule has 0 unspecified atom stereocenters. The molecule has 0 aliphatic heterocycles. The van der Waals surface area contributed by atoms with E-state index in [2.05, 4.69) is 49.7 Å². The van der Waals surface area contributed by atoms with Gasteiger partial charge in [-0.25, -0.2) is 4.68 Å². The number of aryl methyl sites for hydroxylation is 1. The summed E-state index contributed by atoms with van der Waals surface area (Å²) in [6.07, 6.45) is 0. The topological polar surface area (TPSA) is 98.2 Å². The summed E-state index contributed by atoms with van der Waals surface area (Å²) in [5, 5.41) is 13.7. The number of nitrogens with one attached hydrogen (secondary N) is 1. The van der Waals surface area contributed by atoms with Crippen molar-refractivity contribution in [1.82, 2.24) is 30.1 Å². The lowest BCUT2D eigenvalue weighted by Gasteiger charge is -2.31. The van der Waals surface area contributed by atoms with E-state index in [1.165, 1.54) is 0 Å². The number of fused-ring (bicyclic) bond motifs is 1. The number of aromatic nitrogens is 5. The molecule has 206 valence electrons. The summed E-state index contributed by atoms with van der Waals surface area (Å²) < 4.78 is 12.7. The van der Waals surface area contributed by atoms with Crippen LogP contribution in [0.1, 0.15) is 41.0 Å². The van der Waals surface area contributed by atoms with E-state index in [1.807, 2.05) is 68.4 Å². The minimum absolute atomic E-state index is 0.169. The fraction of sp³-hybridized carbons (Fsp3) is 0.290. The maximum Gasteiger partial charge on any atom is 0.253 e. The quantitative estimate of drug-likeness (QED) is 0.247. The van der Waals surface area contributed by atoms with E-state index in [1.54, 1.807) is 11.8 Å². The van der Waals surface area contributed by atoms with Gasteiger partial charge < -0.3 is 14.5 Å². The highest BCUT2D eigenvalue weighted by Gasteiger charge is 2.31. The summed E-state index contributed by atoms with van der Waals surface area (Å²) in [7, 11) is 1.64. The summed E-state index contributed by atoms with van der Waals surface area (Å²) >= 11 is 0. The first-order valence-electron chi connectivity index (χ1n) is 13.4. The Morgan fingerprint density at radius 2 is 1.73 bits per heavy atom. The van der Waals surface area contributed by atoms with Crippen molar-refractivity contribution >= 4 is 10.9 Å². The van der Waals surface area contributed by atoms with E-state index < -0.39 is 6.04 Å². The average molecular weight is 539 g/mol. The zero-order chi connectivity index (χ0) is 27.9. The molecule has 3 aromatic carbocycles. The number of H-pyrrole nitrogens is 1. The molecule has 40 heavy (non-hydrogen) atoms. The van der Waals surface area contributed by atoms with Gasteiger partial charge in [0, 0.05) is 25.8 Å². The second-order valence-corrected chi connectivity index (χ2v) is 9.72. The molecule has 0 bridgehead atoms. The molecule has 1 N–H and O–H groups in total. The molecule has 5 aromatic rings. The van der Waals surface area contributed by atoms with Crippen LogP contribution in [-0.2, 0) is 24.4 Å². The smallest absolute Gasteiger partial charge is 0.253 e. The van der Waals surface area contributed by atoms with Crippen LogP contribution in [0.3, 0.4) is 0 Å². The van der Waals surface area contributed by atoms with E-state index in [4.69, 9.17) is 9.47 Å². The SMILES string of the molecule is CCOc1ccc(CN(Cc2ccccc2)[C@H](c2cc3cccc(C)c3[nH]c2=O)c2nnnn2CCOC)cc1. The summed E-state index contributed by atoms with van der Waals surface area (Å²) in [5.41, 5.74) is 4.44. The Hall–Kier alpha value is -4.34. The zero-order valence-electron chi connectivity index (χ0n) is 23.1. The van der Waals surface area contributed by atoms with Crippen LogP contribution >= 0.6 is 0 Å². The molecule has 0 aliphatic carbocycles. The number of para-hydroxylation sites is 1. The molecular formula is C31H34N6O3. The van der Waals surface area contributed by atoms with Crippen LogP contribution < -0.4 is 10.3 Å². The monoisotopic (exact) mass is 538 g/mol. The third-order valence-electron chi connectivity index (χ3n) is 6.94. The van der Waals surface area contributed by atoms with E-state index >= 15 is 0 Å². The molecule has 1 atom stereocenters. The Morgan fingerprint density at radius 3 is 2.45 bits per heavy atom. The van der Waals surface area contributed by atoms with Crippen LogP contribution in [0, 0.1) is 6.92 Å². The molecule has 0 spiro atoms. The summed E-state index contributed by atoms with van der Waals surface area (Å²) in [6, 6.07) is 25.7. The largest absolute Gasteiger partial charge is 0.494 e. The first kappa shape index (κ1) is 27.2. The minimum atomic E-state index is -0.535. The Morgan fingerprint density at radius 1 is 0.975 bits per heavy atom. The van der Waals surface area contributed by atoms with Crippen LogP contribution in [0.5, 0.6) is 5.75 Å². The third-order valence-corrected chi connectivity index (χ3v) is 6.94. The second-order valence-electron chi connectivity index (χ2n) is 9.72. The first-order chi connectivity index (χ1) is 19.6. The van der Waals surface area contributed by atoms with Gasteiger partial charge in [0.25, 0.3) is 5.56 Å². The highest BCUT2D eigenvalue weighted by molar-refractivity contribution is 5.82. The lowest BCUT2D eigenvalue weighted by atomic mass is 10.0. The van der Waals surface area contributed by atoms with E-state index in [0.29, 0.717) is 44.2 Å². The Bertz CT molecular complexity index is 1600. The molecule has 0 radical (unpaired) electrons. The van der Waals surface area contributed by atoms with Crippen LogP contribution in [0.15, 0.2) is 83.7 Å². The highest BCUT2D eigenvalue weighted by Crippen LogP contribution is 2.31. The van der Waals surface area contributed by atoms with Crippen molar-refractivity contribution in [3.63, 3.8) is 0 Å². The van der Waals surface area contributed by atoms with Gasteiger partial charge in [-0.2, -0.15) is 0 Å². The van der Waals surface area contributed by atoms with Gasteiger partial charge in [-0.3, -0.25) is 9.69 Å². The molecule has 2 aromatic heterocycles. The Kier molecular flexibility index (Phi) is 8.63. The first-order valence-corrected chi connectivity index (χ1v) is 13.4. The predicted octanol–water partition coefficient (Wildman–Crippen LogP) is 4.66. The molecule has 0 aliphatic rings. The number of pyridine rings is 1. The van der Waals surface area contributed by atoms with Gasteiger partial charge in [-0.15, -0.1) is 5.10 Å². The second kappa shape index (κ2) is 12.7. The van der Waals surface area contributed by atoms with Crippen molar-refractivity contribution in [3.8, 4) is 5.75 Å². The summed E-state index contributed by atoms with van der Waals surface area (Å²) in [4.78, 5) is 19.1. The number of aromatic amines is 1. The van der Waals surface area contributed by atoms with Gasteiger partial charge in [0.2, 0.25) is 0 Å². The maximum atomic E-state index is 13.8. The van der Waals surface area contributed by atoms with E-state index in [9.17, 15) is 4.79 Å². The fourth-order valence-corrected chi connectivity index (χ4v) is 5.00. The summed E-state index contributed by atoms with van der Waals surface area (Å²) in [5.74, 6) is 1.40. The van der Waals surface area contributed by atoms with Crippen molar-refractivity contribution in [2.24, 2.45) is 0 Å². The van der Waals surface area contributed by atoms with Gasteiger partial charge >= 0.3 is 0 Å². The number of rotatable bonds is 12. The number of methoxy groups -OCH3 is 1. The molecule has 0 fully saturated rings. The van der Waals surface area contributed by atoms with E-state index in [-0.39, 0.29) is 5.56 Å². The van der Waals surface area contributed by atoms with Gasteiger partial charge in [0.1, 0.15) is 11.8 Å². The van der Waals surface area contributed by atoms with Crippen molar-refractivity contribution < 1.29 is 9.47 Å². The van der Waals surface area contributed by atoms with Crippen LogP contribution in [-0.4, -0.2) is 50.4 Å². The number of hydrogen-bond donors (Lipinski definition) is 1.